The predicted octanol–water partition coefficient (Wildman–Crippen LogP) is 1.37. The highest BCUT2D eigenvalue weighted by atomic mass is 16.6. The standard InChI is InChI=1S/C14H22N2O4/c1-10-8-11(13(16)12(15)9-10)14(17)20-7-6-19-5-3-4-18-2/h8-9H,3-7,15-16H2,1-2H3. The Bertz CT molecular complexity index is 449. The number of hydrogen-bond donors (Lipinski definition) is 2. The molecular formula is C14H22N2O4. The van der Waals surface area contributed by atoms with Gasteiger partial charge in [0.2, 0.25) is 0 Å². The Morgan fingerprint density at radius 2 is 1.90 bits per heavy atom. The number of hydrogen-bond acceptors (Lipinski definition) is 6. The largest absolute Gasteiger partial charge is 0.460 e. The maximum Gasteiger partial charge on any atom is 0.340 e. The zero-order valence-corrected chi connectivity index (χ0v) is 12.0. The number of esters is 1. The van der Waals surface area contributed by atoms with Crippen LogP contribution in [0, 0.1) is 6.92 Å². The third-order valence-corrected chi connectivity index (χ3v) is 2.67. The molecule has 0 aromatic heterocycles. The van der Waals surface area contributed by atoms with Gasteiger partial charge in [-0.3, -0.25) is 0 Å². The molecule has 0 spiro atoms. The molecule has 6 nitrogen and oxygen atoms in total. The van der Waals surface area contributed by atoms with Gasteiger partial charge in [-0.2, -0.15) is 0 Å². The molecule has 1 rings (SSSR count). The fourth-order valence-corrected chi connectivity index (χ4v) is 1.67. The summed E-state index contributed by atoms with van der Waals surface area (Å²) in [5.74, 6) is -0.488. The third-order valence-electron chi connectivity index (χ3n) is 2.67. The highest BCUT2D eigenvalue weighted by Crippen LogP contribution is 2.22. The zero-order valence-electron chi connectivity index (χ0n) is 12.0. The maximum absolute atomic E-state index is 11.9. The Kier molecular flexibility index (Phi) is 6.83. The molecule has 1 aromatic carbocycles. The van der Waals surface area contributed by atoms with Gasteiger partial charge in [-0.05, 0) is 31.0 Å². The Morgan fingerprint density at radius 3 is 2.60 bits per heavy atom. The summed E-state index contributed by atoms with van der Waals surface area (Å²) in [6.45, 7) is 3.59. The first-order valence-corrected chi connectivity index (χ1v) is 6.45. The quantitative estimate of drug-likeness (QED) is 0.424. The molecule has 4 N–H and O–H groups in total. The van der Waals surface area contributed by atoms with Gasteiger partial charge in [0, 0.05) is 20.3 Å². The van der Waals surface area contributed by atoms with E-state index >= 15 is 0 Å². The van der Waals surface area contributed by atoms with Crippen LogP contribution in [0.15, 0.2) is 12.1 Å². The van der Waals surface area contributed by atoms with Gasteiger partial charge in [0.05, 0.1) is 23.5 Å². The highest BCUT2D eigenvalue weighted by molar-refractivity contribution is 5.98. The monoisotopic (exact) mass is 282 g/mol. The number of anilines is 2. The van der Waals surface area contributed by atoms with E-state index < -0.39 is 5.97 Å². The van der Waals surface area contributed by atoms with E-state index in [4.69, 9.17) is 25.7 Å². The second-order valence-electron chi connectivity index (χ2n) is 4.41. The number of nitrogens with two attached hydrogens (primary N) is 2. The first-order valence-electron chi connectivity index (χ1n) is 6.45. The van der Waals surface area contributed by atoms with Crippen molar-refractivity contribution in [2.24, 2.45) is 0 Å². The number of rotatable bonds is 8. The molecule has 0 aliphatic rings. The minimum absolute atomic E-state index is 0.180. The average Bonchev–Trinajstić information content (AvgIpc) is 2.41. The van der Waals surface area contributed by atoms with Crippen molar-refractivity contribution in [1.82, 2.24) is 0 Å². The number of aryl methyl sites for hydroxylation is 1. The molecule has 0 radical (unpaired) electrons. The number of nitrogen functional groups attached to an aromatic ring is 2. The topological polar surface area (TPSA) is 96.8 Å². The third kappa shape index (κ3) is 5.07. The van der Waals surface area contributed by atoms with Crippen molar-refractivity contribution >= 4 is 17.3 Å². The minimum Gasteiger partial charge on any atom is -0.460 e. The minimum atomic E-state index is -0.488. The summed E-state index contributed by atoms with van der Waals surface area (Å²) in [4.78, 5) is 11.9. The molecule has 0 aliphatic carbocycles. The van der Waals surface area contributed by atoms with E-state index in [2.05, 4.69) is 0 Å². The van der Waals surface area contributed by atoms with Crippen molar-refractivity contribution in [2.45, 2.75) is 13.3 Å². The van der Waals surface area contributed by atoms with E-state index in [0.717, 1.165) is 12.0 Å². The van der Waals surface area contributed by atoms with E-state index in [0.29, 0.717) is 31.1 Å². The first-order chi connectivity index (χ1) is 9.56. The average molecular weight is 282 g/mol. The van der Waals surface area contributed by atoms with Gasteiger partial charge in [-0.25, -0.2) is 4.79 Å². The summed E-state index contributed by atoms with van der Waals surface area (Å²) in [6, 6.07) is 3.37. The van der Waals surface area contributed by atoms with Crippen LogP contribution in [0.3, 0.4) is 0 Å². The van der Waals surface area contributed by atoms with E-state index in [1.165, 1.54) is 0 Å². The fourth-order valence-electron chi connectivity index (χ4n) is 1.67. The van der Waals surface area contributed by atoms with Gasteiger partial charge in [-0.1, -0.05) is 0 Å². The molecule has 0 fully saturated rings. The van der Waals surface area contributed by atoms with Gasteiger partial charge in [0.15, 0.2) is 0 Å². The SMILES string of the molecule is COCCCOCCOC(=O)c1cc(C)cc(N)c1N. The number of carbonyl (C=O) groups excluding carboxylic acids is 1. The second-order valence-corrected chi connectivity index (χ2v) is 4.41. The van der Waals surface area contributed by atoms with E-state index in [9.17, 15) is 4.79 Å². The lowest BCUT2D eigenvalue weighted by Gasteiger charge is -2.10. The number of benzene rings is 1. The molecule has 6 heteroatoms. The summed E-state index contributed by atoms with van der Waals surface area (Å²) in [7, 11) is 1.64. The molecule has 0 amide bonds. The number of carbonyl (C=O) groups is 1. The molecule has 0 unspecified atom stereocenters. The smallest absolute Gasteiger partial charge is 0.340 e. The molecule has 112 valence electrons. The Morgan fingerprint density at radius 1 is 1.15 bits per heavy atom. The maximum atomic E-state index is 11.9. The van der Waals surface area contributed by atoms with Crippen LogP contribution in [-0.4, -0.2) is 39.5 Å². The fraction of sp³-hybridized carbons (Fsp3) is 0.500. The van der Waals surface area contributed by atoms with Crippen LogP contribution in [0.25, 0.3) is 0 Å². The van der Waals surface area contributed by atoms with Crippen LogP contribution in [0.4, 0.5) is 11.4 Å². The first kappa shape index (κ1) is 16.3. The Balaban J connectivity index is 2.36. The van der Waals surface area contributed by atoms with Gasteiger partial charge >= 0.3 is 5.97 Å². The van der Waals surface area contributed by atoms with E-state index in [1.54, 1.807) is 19.2 Å². The summed E-state index contributed by atoms with van der Waals surface area (Å²) < 4.78 is 15.3. The lowest BCUT2D eigenvalue weighted by Crippen LogP contribution is -2.14. The van der Waals surface area contributed by atoms with Gasteiger partial charge in [0.25, 0.3) is 0 Å². The van der Waals surface area contributed by atoms with E-state index in [-0.39, 0.29) is 12.3 Å². The van der Waals surface area contributed by atoms with Crippen LogP contribution in [0.2, 0.25) is 0 Å². The molecule has 0 aliphatic heterocycles. The Labute approximate surface area is 119 Å². The van der Waals surface area contributed by atoms with Crippen molar-refractivity contribution in [1.29, 1.82) is 0 Å². The van der Waals surface area contributed by atoms with Crippen LogP contribution >= 0.6 is 0 Å². The molecule has 0 atom stereocenters. The molecule has 0 bridgehead atoms. The summed E-state index contributed by atoms with van der Waals surface area (Å²) in [6.07, 6.45) is 0.811. The van der Waals surface area contributed by atoms with Crippen molar-refractivity contribution in [3.63, 3.8) is 0 Å². The number of methoxy groups -OCH3 is 1. The zero-order chi connectivity index (χ0) is 15.0. The molecular weight excluding hydrogens is 260 g/mol. The Hall–Kier alpha value is -1.79. The molecule has 20 heavy (non-hydrogen) atoms. The van der Waals surface area contributed by atoms with Crippen LogP contribution in [0.1, 0.15) is 22.3 Å². The normalized spacial score (nSPS) is 10.5. The van der Waals surface area contributed by atoms with Gasteiger partial charge in [-0.15, -0.1) is 0 Å². The van der Waals surface area contributed by atoms with Crippen LogP contribution in [0.5, 0.6) is 0 Å². The van der Waals surface area contributed by atoms with Crippen molar-refractivity contribution in [2.75, 3.05) is 45.0 Å². The van der Waals surface area contributed by atoms with Gasteiger partial charge in [0.1, 0.15) is 6.61 Å². The predicted molar refractivity (Wildman–Crippen MR) is 77.6 cm³/mol. The van der Waals surface area contributed by atoms with Gasteiger partial charge < -0.3 is 25.7 Å². The lowest BCUT2D eigenvalue weighted by atomic mass is 10.1. The molecule has 0 saturated carbocycles. The highest BCUT2D eigenvalue weighted by Gasteiger charge is 2.13. The molecule has 0 heterocycles. The summed E-state index contributed by atoms with van der Waals surface area (Å²) in [5, 5.41) is 0. The lowest BCUT2D eigenvalue weighted by molar-refractivity contribution is 0.0289. The van der Waals surface area contributed by atoms with E-state index in [1.807, 2.05) is 6.92 Å². The van der Waals surface area contributed by atoms with Crippen LogP contribution in [-0.2, 0) is 14.2 Å². The summed E-state index contributed by atoms with van der Waals surface area (Å²) >= 11 is 0. The van der Waals surface area contributed by atoms with Crippen LogP contribution < -0.4 is 11.5 Å². The molecule has 0 saturated heterocycles. The molecule has 1 aromatic rings. The summed E-state index contributed by atoms with van der Waals surface area (Å²) in [5.41, 5.74) is 13.3. The van der Waals surface area contributed by atoms with Crippen molar-refractivity contribution in [3.8, 4) is 0 Å². The van der Waals surface area contributed by atoms with Crippen molar-refractivity contribution in [3.05, 3.63) is 23.3 Å². The second kappa shape index (κ2) is 8.39. The number of ether oxygens (including phenoxy) is 3. The van der Waals surface area contributed by atoms with Crippen molar-refractivity contribution < 1.29 is 19.0 Å².